The molecule has 0 N–H and O–H groups in total. The highest BCUT2D eigenvalue weighted by Crippen LogP contribution is 2.37. The highest BCUT2D eigenvalue weighted by atomic mass is 28.3. The van der Waals surface area contributed by atoms with Crippen LogP contribution in [0.25, 0.3) is 55.0 Å². The van der Waals surface area contributed by atoms with Crippen molar-refractivity contribution in [1.29, 1.82) is 0 Å². The summed E-state index contributed by atoms with van der Waals surface area (Å²) in [5, 5.41) is 15.8. The van der Waals surface area contributed by atoms with Crippen LogP contribution < -0.4 is 41.5 Å². The Labute approximate surface area is 418 Å². The first-order valence-electron chi connectivity index (χ1n) is 24.3. The van der Waals surface area contributed by atoms with Crippen LogP contribution in [0.15, 0.2) is 291 Å². The van der Waals surface area contributed by atoms with E-state index in [4.69, 9.17) is 0 Å². The summed E-state index contributed by atoms with van der Waals surface area (Å²) in [5.41, 5.74) is 7.04. The van der Waals surface area contributed by atoms with Crippen LogP contribution in [0.2, 0.25) is 0 Å². The van der Waals surface area contributed by atoms with Gasteiger partial charge >= 0.3 is 0 Å². The number of nitrogens with zero attached hydrogens (tertiary/aromatic N) is 2. The quantitative estimate of drug-likeness (QED) is 0.0955. The molecule has 0 saturated heterocycles. The molecule has 0 radical (unpaired) electrons. The average Bonchev–Trinajstić information content (AvgIpc) is 3.95. The molecule has 13 aromatic rings. The largest absolute Gasteiger partial charge is 0.309 e. The molecular weight excluding hydrogens is 889 g/mol. The number of rotatable bonds is 10. The van der Waals surface area contributed by atoms with Gasteiger partial charge in [-0.05, 0) is 90.0 Å². The Hall–Kier alpha value is -8.55. The van der Waals surface area contributed by atoms with Crippen LogP contribution in [-0.4, -0.2) is 25.3 Å². The van der Waals surface area contributed by atoms with Crippen molar-refractivity contribution in [2.45, 2.75) is 7.43 Å². The standard InChI is InChI=1S/C66H48N2Si2.CH4/c1-7-25-51(26-8-1)69(52-27-9-2-10-28-52,53-29-11-3-12-30-53)57-37-23-24-49(46-57)67-65-44-42-50(68-63-40-21-19-38-59(63)60-39-20-22-41-64(60)68)47-61(65)62-48-58(43-45-66(62)67)70(54-31-13-4-14-32-54,55-33-15-5-16-34-55)56-35-17-6-18-36-56;/h1-48H;1H4. The molecule has 4 heteroatoms. The predicted molar refractivity (Wildman–Crippen MR) is 309 cm³/mol. The molecule has 2 nitrogen and oxygen atoms in total. The first-order valence-corrected chi connectivity index (χ1v) is 28.3. The molecule has 0 amide bonds. The molecule has 0 aliphatic rings. The van der Waals surface area contributed by atoms with Crippen molar-refractivity contribution in [3.8, 4) is 11.4 Å². The molecule has 0 aliphatic carbocycles. The number of fused-ring (bicyclic) bond motifs is 6. The summed E-state index contributed by atoms with van der Waals surface area (Å²) < 4.78 is 4.98. The van der Waals surface area contributed by atoms with Crippen LogP contribution in [0.5, 0.6) is 0 Å². The summed E-state index contributed by atoms with van der Waals surface area (Å²) in [6.07, 6.45) is 0. The van der Waals surface area contributed by atoms with Crippen LogP contribution in [0.4, 0.5) is 0 Å². The van der Waals surface area contributed by atoms with Gasteiger partial charge in [0.25, 0.3) is 0 Å². The third-order valence-electron chi connectivity index (χ3n) is 14.8. The van der Waals surface area contributed by atoms with Crippen molar-refractivity contribution in [3.63, 3.8) is 0 Å². The fourth-order valence-electron chi connectivity index (χ4n) is 11.9. The second-order valence-corrected chi connectivity index (χ2v) is 26.0. The van der Waals surface area contributed by atoms with E-state index in [2.05, 4.69) is 300 Å². The SMILES string of the molecule is C.c1ccc([Si](c2ccccc2)(c2ccccc2)c2cccc(-n3c4ccc(-n5c6ccccc6c6ccccc65)cc4c4cc([Si](c5ccccc5)(c5ccccc5)c5ccccc5)ccc43)c2)cc1. The zero-order valence-corrected chi connectivity index (χ0v) is 40.6. The van der Waals surface area contributed by atoms with Gasteiger partial charge in [-0.1, -0.05) is 250 Å². The van der Waals surface area contributed by atoms with Gasteiger partial charge in [0.05, 0.1) is 22.1 Å². The predicted octanol–water partition coefficient (Wildman–Crippen LogP) is 11.3. The van der Waals surface area contributed by atoms with Crippen molar-refractivity contribution < 1.29 is 0 Å². The van der Waals surface area contributed by atoms with Crippen LogP contribution in [-0.2, 0) is 0 Å². The van der Waals surface area contributed by atoms with Crippen molar-refractivity contribution in [2.75, 3.05) is 0 Å². The third-order valence-corrected chi connectivity index (χ3v) is 24.3. The molecule has 338 valence electrons. The highest BCUT2D eigenvalue weighted by Gasteiger charge is 2.43. The molecule has 0 spiro atoms. The van der Waals surface area contributed by atoms with Crippen LogP contribution in [0.1, 0.15) is 7.43 Å². The first-order chi connectivity index (χ1) is 34.7. The van der Waals surface area contributed by atoms with Gasteiger partial charge in [-0.2, -0.15) is 0 Å². The van der Waals surface area contributed by atoms with E-state index >= 15 is 0 Å². The number of aromatic nitrogens is 2. The Morgan fingerprint density at radius 1 is 0.197 bits per heavy atom. The van der Waals surface area contributed by atoms with Gasteiger partial charge in [-0.3, -0.25) is 0 Å². The van der Waals surface area contributed by atoms with Crippen molar-refractivity contribution in [3.05, 3.63) is 291 Å². The zero-order valence-electron chi connectivity index (χ0n) is 38.6. The molecule has 0 saturated carbocycles. The van der Waals surface area contributed by atoms with Gasteiger partial charge in [0, 0.05) is 32.9 Å². The topological polar surface area (TPSA) is 9.86 Å². The number of hydrogen-bond donors (Lipinski definition) is 0. The molecule has 0 atom stereocenters. The van der Waals surface area contributed by atoms with Crippen LogP contribution in [0, 0.1) is 0 Å². The van der Waals surface area contributed by atoms with Gasteiger partial charge in [0.15, 0.2) is 16.1 Å². The normalized spacial score (nSPS) is 11.8. The van der Waals surface area contributed by atoms with E-state index in [-0.39, 0.29) is 7.43 Å². The maximum atomic E-state index is 2.56. The maximum Gasteiger partial charge on any atom is 0.179 e. The van der Waals surface area contributed by atoms with E-state index < -0.39 is 16.1 Å². The van der Waals surface area contributed by atoms with E-state index in [0.29, 0.717) is 0 Å². The molecule has 2 aromatic heterocycles. The minimum atomic E-state index is -2.87. The Bertz CT molecular complexity index is 3730. The molecule has 13 rings (SSSR count). The fraction of sp³-hybridized carbons (Fsp3) is 0.0149. The second-order valence-electron chi connectivity index (χ2n) is 18.4. The summed E-state index contributed by atoms with van der Waals surface area (Å²) in [4.78, 5) is 0. The molecule has 71 heavy (non-hydrogen) atoms. The summed E-state index contributed by atoms with van der Waals surface area (Å²) >= 11 is 0. The summed E-state index contributed by atoms with van der Waals surface area (Å²) in [7, 11) is -5.70. The Kier molecular flexibility index (Phi) is 11.1. The van der Waals surface area contributed by atoms with Crippen LogP contribution >= 0.6 is 0 Å². The smallest absolute Gasteiger partial charge is 0.179 e. The summed E-state index contributed by atoms with van der Waals surface area (Å²) in [6, 6.07) is 109. The average molecular weight is 941 g/mol. The van der Waals surface area contributed by atoms with Crippen LogP contribution in [0.3, 0.4) is 0 Å². The van der Waals surface area contributed by atoms with E-state index in [1.54, 1.807) is 0 Å². The second kappa shape index (κ2) is 18.1. The van der Waals surface area contributed by atoms with Gasteiger partial charge in [0.1, 0.15) is 0 Å². The third kappa shape index (κ3) is 6.90. The number of para-hydroxylation sites is 2. The lowest BCUT2D eigenvalue weighted by Gasteiger charge is -2.35. The fourth-order valence-corrected chi connectivity index (χ4v) is 21.4. The van der Waals surface area contributed by atoms with E-state index in [0.717, 1.165) is 11.4 Å². The Morgan fingerprint density at radius 2 is 0.493 bits per heavy atom. The summed E-state index contributed by atoms with van der Waals surface area (Å²) in [6.45, 7) is 0. The minimum absolute atomic E-state index is 0. The molecule has 0 unspecified atom stereocenters. The molecule has 0 aliphatic heterocycles. The number of hydrogen-bond acceptors (Lipinski definition) is 0. The van der Waals surface area contributed by atoms with Crippen molar-refractivity contribution in [1.82, 2.24) is 9.13 Å². The van der Waals surface area contributed by atoms with Crippen molar-refractivity contribution in [2.24, 2.45) is 0 Å². The van der Waals surface area contributed by atoms with Crippen molar-refractivity contribution >= 4 is 101 Å². The first kappa shape index (κ1) is 43.7. The highest BCUT2D eigenvalue weighted by molar-refractivity contribution is 7.20. The van der Waals surface area contributed by atoms with E-state index in [1.165, 1.54) is 85.1 Å². The Morgan fingerprint density at radius 3 is 0.901 bits per heavy atom. The monoisotopic (exact) mass is 940 g/mol. The molecule has 11 aromatic carbocycles. The molecule has 2 heterocycles. The van der Waals surface area contributed by atoms with Gasteiger partial charge < -0.3 is 9.13 Å². The molecule has 0 bridgehead atoms. The lowest BCUT2D eigenvalue weighted by atomic mass is 10.1. The van der Waals surface area contributed by atoms with Gasteiger partial charge in [-0.25, -0.2) is 0 Å². The maximum absolute atomic E-state index is 2.87. The van der Waals surface area contributed by atoms with E-state index in [1.807, 2.05) is 0 Å². The number of benzene rings is 11. The lowest BCUT2D eigenvalue weighted by Crippen LogP contribution is -2.74. The molecular formula is C67H52N2Si2. The van der Waals surface area contributed by atoms with Gasteiger partial charge in [0.2, 0.25) is 0 Å². The Balaban J connectivity index is 0.00000517. The summed E-state index contributed by atoms with van der Waals surface area (Å²) in [5.74, 6) is 0. The lowest BCUT2D eigenvalue weighted by molar-refractivity contribution is 1.17. The molecule has 0 fully saturated rings. The minimum Gasteiger partial charge on any atom is -0.309 e. The van der Waals surface area contributed by atoms with Gasteiger partial charge in [-0.15, -0.1) is 0 Å². The zero-order chi connectivity index (χ0) is 46.5. The van der Waals surface area contributed by atoms with E-state index in [9.17, 15) is 0 Å².